The van der Waals surface area contributed by atoms with Crippen molar-refractivity contribution in [1.82, 2.24) is 9.88 Å². The van der Waals surface area contributed by atoms with E-state index >= 15 is 0 Å². The smallest absolute Gasteiger partial charge is 0.311 e. The molecule has 19 heavy (non-hydrogen) atoms. The molecular weight excluding hydrogens is 251 g/mol. The van der Waals surface area contributed by atoms with E-state index in [1.54, 1.807) is 6.92 Å². The molecule has 1 unspecified atom stereocenters. The number of nitrogens with zero attached hydrogens (tertiary/aromatic N) is 2. The number of piperidine rings is 1. The maximum absolute atomic E-state index is 13.0. The number of carbonyl (C=O) groups excluding carboxylic acids is 1. The number of aromatic nitrogens is 1. The number of halogens is 1. The van der Waals surface area contributed by atoms with Gasteiger partial charge in [-0.15, -0.1) is 0 Å². The van der Waals surface area contributed by atoms with Crippen molar-refractivity contribution in [2.45, 2.75) is 19.8 Å². The summed E-state index contributed by atoms with van der Waals surface area (Å²) in [4.78, 5) is 28.3. The first-order chi connectivity index (χ1) is 8.92. The Kier molecular flexibility index (Phi) is 3.50. The summed E-state index contributed by atoms with van der Waals surface area (Å²) in [6.45, 7) is 2.26. The first-order valence-corrected chi connectivity index (χ1v) is 6.07. The first-order valence-electron chi connectivity index (χ1n) is 6.07. The van der Waals surface area contributed by atoms with E-state index in [0.29, 0.717) is 19.4 Å². The Balaban J connectivity index is 2.18. The van der Waals surface area contributed by atoms with Gasteiger partial charge >= 0.3 is 5.97 Å². The van der Waals surface area contributed by atoms with Crippen LogP contribution in [0.1, 0.15) is 30.1 Å². The van der Waals surface area contributed by atoms with Crippen LogP contribution in [0, 0.1) is 11.4 Å². The summed E-state index contributed by atoms with van der Waals surface area (Å²) >= 11 is 0. The highest BCUT2D eigenvalue weighted by Crippen LogP contribution is 2.30. The predicted molar refractivity (Wildman–Crippen MR) is 65.1 cm³/mol. The Morgan fingerprint density at radius 3 is 2.89 bits per heavy atom. The van der Waals surface area contributed by atoms with E-state index in [1.807, 2.05) is 0 Å². The third kappa shape index (κ3) is 2.72. The summed E-state index contributed by atoms with van der Waals surface area (Å²) in [7, 11) is 0. The Labute approximate surface area is 110 Å². The predicted octanol–water partition coefficient (Wildman–Crippen LogP) is 1.55. The minimum atomic E-state index is -0.931. The number of carbonyl (C=O) groups is 2. The van der Waals surface area contributed by atoms with Crippen molar-refractivity contribution >= 4 is 11.9 Å². The van der Waals surface area contributed by atoms with Gasteiger partial charge in [-0.25, -0.2) is 4.98 Å². The lowest BCUT2D eigenvalue weighted by atomic mass is 9.82. The van der Waals surface area contributed by atoms with Crippen molar-refractivity contribution in [3.05, 3.63) is 29.8 Å². The fraction of sp³-hybridized carbons (Fsp3) is 0.462. The fourth-order valence-electron chi connectivity index (χ4n) is 2.31. The van der Waals surface area contributed by atoms with Crippen LogP contribution in [0.2, 0.25) is 0 Å². The van der Waals surface area contributed by atoms with Crippen molar-refractivity contribution < 1.29 is 19.1 Å². The fourth-order valence-corrected chi connectivity index (χ4v) is 2.31. The average Bonchev–Trinajstić information content (AvgIpc) is 2.38. The number of rotatable bonds is 2. The lowest BCUT2D eigenvalue weighted by Gasteiger charge is -2.37. The summed E-state index contributed by atoms with van der Waals surface area (Å²) in [6.07, 6.45) is 2.39. The molecule has 0 saturated carbocycles. The zero-order valence-electron chi connectivity index (χ0n) is 10.6. The molecule has 6 heteroatoms. The molecule has 1 fully saturated rings. The second-order valence-electron chi connectivity index (χ2n) is 5.06. The molecule has 1 aliphatic rings. The molecule has 1 atom stereocenters. The number of hydrogen-bond acceptors (Lipinski definition) is 3. The van der Waals surface area contributed by atoms with Crippen molar-refractivity contribution in [2.24, 2.45) is 5.41 Å². The second kappa shape index (κ2) is 4.95. The molecule has 1 aromatic heterocycles. The highest BCUT2D eigenvalue weighted by Gasteiger charge is 2.39. The quantitative estimate of drug-likeness (QED) is 0.824. The average molecular weight is 266 g/mol. The molecule has 2 rings (SSSR count). The molecule has 1 aliphatic heterocycles. The number of carboxylic acid groups (broad SMARTS) is 1. The van der Waals surface area contributed by atoms with Crippen LogP contribution < -0.4 is 0 Å². The molecule has 0 aromatic carbocycles. The zero-order valence-corrected chi connectivity index (χ0v) is 10.6. The van der Waals surface area contributed by atoms with Crippen LogP contribution >= 0.6 is 0 Å². The van der Waals surface area contributed by atoms with Gasteiger partial charge in [-0.3, -0.25) is 9.59 Å². The monoisotopic (exact) mass is 266 g/mol. The van der Waals surface area contributed by atoms with Gasteiger partial charge in [0, 0.05) is 30.9 Å². The van der Waals surface area contributed by atoms with E-state index in [2.05, 4.69) is 4.98 Å². The molecule has 0 aliphatic carbocycles. The Morgan fingerprint density at radius 2 is 2.26 bits per heavy atom. The summed E-state index contributed by atoms with van der Waals surface area (Å²) in [6, 6.07) is 2.49. The normalized spacial score (nSPS) is 23.2. The van der Waals surface area contributed by atoms with Crippen molar-refractivity contribution in [3.8, 4) is 0 Å². The molecular formula is C13H15FN2O3. The second-order valence-corrected chi connectivity index (χ2v) is 5.06. The van der Waals surface area contributed by atoms with Gasteiger partial charge in [0.25, 0.3) is 5.91 Å². The molecule has 2 heterocycles. The number of carboxylic acids is 1. The van der Waals surface area contributed by atoms with E-state index in [-0.39, 0.29) is 18.0 Å². The van der Waals surface area contributed by atoms with Gasteiger partial charge in [-0.1, -0.05) is 0 Å². The first kappa shape index (κ1) is 13.5. The maximum Gasteiger partial charge on any atom is 0.311 e. The van der Waals surface area contributed by atoms with Crippen molar-refractivity contribution in [1.29, 1.82) is 0 Å². The molecule has 1 saturated heterocycles. The highest BCUT2D eigenvalue weighted by atomic mass is 19.1. The van der Waals surface area contributed by atoms with Crippen LogP contribution in [-0.2, 0) is 4.79 Å². The lowest BCUT2D eigenvalue weighted by Crippen LogP contribution is -2.48. The number of likely N-dealkylation sites (tertiary alicyclic amines) is 1. The molecule has 0 bridgehead atoms. The van der Waals surface area contributed by atoms with Crippen LogP contribution in [0.3, 0.4) is 0 Å². The molecule has 5 nitrogen and oxygen atoms in total. The van der Waals surface area contributed by atoms with Gasteiger partial charge in [0.2, 0.25) is 5.95 Å². The number of aliphatic carboxylic acids is 1. The zero-order chi connectivity index (χ0) is 14.0. The van der Waals surface area contributed by atoms with Crippen LogP contribution in [0.5, 0.6) is 0 Å². The van der Waals surface area contributed by atoms with Gasteiger partial charge in [-0.2, -0.15) is 4.39 Å². The van der Waals surface area contributed by atoms with Gasteiger partial charge in [0.1, 0.15) is 0 Å². The largest absolute Gasteiger partial charge is 0.481 e. The Bertz CT molecular complexity index is 520. The molecule has 102 valence electrons. The van der Waals surface area contributed by atoms with E-state index in [1.165, 1.54) is 17.2 Å². The van der Waals surface area contributed by atoms with Gasteiger partial charge in [-0.05, 0) is 25.8 Å². The topological polar surface area (TPSA) is 70.5 Å². The van der Waals surface area contributed by atoms with Gasteiger partial charge < -0.3 is 10.0 Å². The van der Waals surface area contributed by atoms with E-state index < -0.39 is 17.3 Å². The number of pyridine rings is 1. The van der Waals surface area contributed by atoms with E-state index in [4.69, 9.17) is 0 Å². The van der Waals surface area contributed by atoms with Crippen LogP contribution in [0.15, 0.2) is 18.3 Å². The minimum Gasteiger partial charge on any atom is -0.481 e. The summed E-state index contributed by atoms with van der Waals surface area (Å²) < 4.78 is 13.0. The molecule has 1 N–H and O–H groups in total. The highest BCUT2D eigenvalue weighted by molar-refractivity contribution is 5.94. The maximum atomic E-state index is 13.0. The Hall–Kier alpha value is -1.98. The minimum absolute atomic E-state index is 0.144. The van der Waals surface area contributed by atoms with Gasteiger partial charge in [0.05, 0.1) is 5.41 Å². The number of amides is 1. The molecule has 0 radical (unpaired) electrons. The third-order valence-electron chi connectivity index (χ3n) is 3.47. The van der Waals surface area contributed by atoms with Crippen LogP contribution in [0.4, 0.5) is 4.39 Å². The van der Waals surface area contributed by atoms with E-state index in [9.17, 15) is 19.1 Å². The number of hydrogen-bond donors (Lipinski definition) is 1. The lowest BCUT2D eigenvalue weighted by molar-refractivity contribution is -0.150. The third-order valence-corrected chi connectivity index (χ3v) is 3.47. The summed E-state index contributed by atoms with van der Waals surface area (Å²) in [5.74, 6) is -1.98. The SMILES string of the molecule is CC1(C(=O)O)CCCN(C(=O)c2ccnc(F)c2)C1. The van der Waals surface area contributed by atoms with Crippen LogP contribution in [-0.4, -0.2) is 40.0 Å². The van der Waals surface area contributed by atoms with Crippen molar-refractivity contribution in [2.75, 3.05) is 13.1 Å². The van der Waals surface area contributed by atoms with Crippen LogP contribution in [0.25, 0.3) is 0 Å². The van der Waals surface area contributed by atoms with Crippen molar-refractivity contribution in [3.63, 3.8) is 0 Å². The summed E-state index contributed by atoms with van der Waals surface area (Å²) in [5, 5.41) is 9.20. The van der Waals surface area contributed by atoms with E-state index in [0.717, 1.165) is 6.07 Å². The molecule has 1 aromatic rings. The Morgan fingerprint density at radius 1 is 1.53 bits per heavy atom. The standard InChI is InChI=1S/C13H15FN2O3/c1-13(12(18)19)4-2-6-16(8-13)11(17)9-3-5-15-10(14)7-9/h3,5,7H,2,4,6,8H2,1H3,(H,18,19). The summed E-state index contributed by atoms with van der Waals surface area (Å²) in [5.41, 5.74) is -0.735. The molecule has 1 amide bonds. The molecule has 0 spiro atoms. The van der Waals surface area contributed by atoms with Gasteiger partial charge in [0.15, 0.2) is 0 Å².